The van der Waals surface area contributed by atoms with E-state index in [4.69, 9.17) is 27.6 Å². The SMILES string of the molecule is Cc1cccc2sc(NC(=O)CSc3nnc(-c4ccc(Cl)cc4Cl)o3)nc12. The largest absolute Gasteiger partial charge is 0.411 e. The maximum absolute atomic E-state index is 12.2. The molecule has 0 aliphatic carbocycles. The Hall–Kier alpha value is -2.13. The first-order chi connectivity index (χ1) is 13.5. The Labute approximate surface area is 178 Å². The van der Waals surface area contributed by atoms with Crippen molar-refractivity contribution in [1.29, 1.82) is 0 Å². The van der Waals surface area contributed by atoms with Gasteiger partial charge < -0.3 is 9.73 Å². The van der Waals surface area contributed by atoms with Crippen LogP contribution in [0.4, 0.5) is 5.13 Å². The van der Waals surface area contributed by atoms with Crippen LogP contribution in [-0.4, -0.2) is 26.8 Å². The normalized spacial score (nSPS) is 11.1. The molecule has 0 aliphatic rings. The van der Waals surface area contributed by atoms with Crippen LogP contribution in [-0.2, 0) is 4.79 Å². The summed E-state index contributed by atoms with van der Waals surface area (Å²) in [5, 5.41) is 12.5. The summed E-state index contributed by atoms with van der Waals surface area (Å²) in [6, 6.07) is 10.9. The first-order valence-corrected chi connectivity index (χ1v) is 10.6. The van der Waals surface area contributed by atoms with E-state index in [1.54, 1.807) is 18.2 Å². The van der Waals surface area contributed by atoms with Crippen LogP contribution < -0.4 is 5.32 Å². The fraction of sp³-hybridized carbons (Fsp3) is 0.111. The van der Waals surface area contributed by atoms with Crippen molar-refractivity contribution < 1.29 is 9.21 Å². The van der Waals surface area contributed by atoms with Crippen LogP contribution in [0, 0.1) is 6.92 Å². The van der Waals surface area contributed by atoms with Gasteiger partial charge in [-0.1, -0.05) is 58.4 Å². The van der Waals surface area contributed by atoms with Crippen molar-refractivity contribution in [2.75, 3.05) is 11.1 Å². The molecule has 10 heteroatoms. The van der Waals surface area contributed by atoms with Crippen molar-refractivity contribution in [1.82, 2.24) is 15.2 Å². The van der Waals surface area contributed by atoms with Gasteiger partial charge in [0.15, 0.2) is 5.13 Å². The second kappa shape index (κ2) is 8.08. The van der Waals surface area contributed by atoms with Gasteiger partial charge in [-0.3, -0.25) is 4.79 Å². The van der Waals surface area contributed by atoms with Gasteiger partial charge in [0.2, 0.25) is 11.8 Å². The molecule has 2 aromatic heterocycles. The quantitative estimate of drug-likeness (QED) is 0.393. The number of para-hydroxylation sites is 1. The summed E-state index contributed by atoms with van der Waals surface area (Å²) < 4.78 is 6.61. The number of carbonyl (C=O) groups is 1. The van der Waals surface area contributed by atoms with E-state index in [0.29, 0.717) is 20.7 Å². The highest BCUT2D eigenvalue weighted by Gasteiger charge is 2.15. The summed E-state index contributed by atoms with van der Waals surface area (Å²) in [4.78, 5) is 16.7. The van der Waals surface area contributed by atoms with Gasteiger partial charge in [-0.05, 0) is 36.8 Å². The van der Waals surface area contributed by atoms with Crippen molar-refractivity contribution in [2.45, 2.75) is 12.1 Å². The number of thioether (sulfide) groups is 1. The topological polar surface area (TPSA) is 80.9 Å². The smallest absolute Gasteiger partial charge is 0.277 e. The van der Waals surface area contributed by atoms with E-state index in [1.807, 2.05) is 25.1 Å². The molecule has 0 atom stereocenters. The van der Waals surface area contributed by atoms with Crippen LogP contribution in [0.3, 0.4) is 0 Å². The van der Waals surface area contributed by atoms with Crippen LogP contribution in [0.2, 0.25) is 10.0 Å². The minimum Gasteiger partial charge on any atom is -0.411 e. The summed E-state index contributed by atoms with van der Waals surface area (Å²) in [5.74, 6) is 0.183. The number of thiazole rings is 1. The molecule has 0 saturated carbocycles. The maximum Gasteiger partial charge on any atom is 0.277 e. The van der Waals surface area contributed by atoms with Gasteiger partial charge in [-0.2, -0.15) is 0 Å². The highest BCUT2D eigenvalue weighted by atomic mass is 35.5. The van der Waals surface area contributed by atoms with E-state index >= 15 is 0 Å². The molecule has 0 saturated heterocycles. The van der Waals surface area contributed by atoms with Gasteiger partial charge in [-0.15, -0.1) is 10.2 Å². The fourth-order valence-corrected chi connectivity index (χ4v) is 4.47. The summed E-state index contributed by atoms with van der Waals surface area (Å²) in [6.07, 6.45) is 0. The molecule has 0 aliphatic heterocycles. The number of benzene rings is 2. The molecule has 1 N–H and O–H groups in total. The number of fused-ring (bicyclic) bond motifs is 1. The van der Waals surface area contributed by atoms with Gasteiger partial charge in [0.1, 0.15) is 0 Å². The van der Waals surface area contributed by atoms with Gasteiger partial charge in [-0.25, -0.2) is 4.98 Å². The van der Waals surface area contributed by atoms with E-state index in [2.05, 4.69) is 20.5 Å². The molecule has 0 spiro atoms. The van der Waals surface area contributed by atoms with E-state index in [9.17, 15) is 4.79 Å². The van der Waals surface area contributed by atoms with Crippen LogP contribution in [0.5, 0.6) is 0 Å². The summed E-state index contributed by atoms with van der Waals surface area (Å²) in [6.45, 7) is 1.99. The predicted octanol–water partition coefficient (Wildman–Crippen LogP) is 5.69. The average Bonchev–Trinajstić information content (AvgIpc) is 3.27. The molecule has 4 aromatic rings. The lowest BCUT2D eigenvalue weighted by Crippen LogP contribution is -2.13. The van der Waals surface area contributed by atoms with Crippen LogP contribution in [0.25, 0.3) is 21.7 Å². The van der Waals surface area contributed by atoms with Crippen LogP contribution in [0.1, 0.15) is 5.56 Å². The lowest BCUT2D eigenvalue weighted by Gasteiger charge is -2.00. The molecular formula is C18H12Cl2N4O2S2. The molecule has 0 unspecified atom stereocenters. The molecule has 2 heterocycles. The number of rotatable bonds is 5. The lowest BCUT2D eigenvalue weighted by molar-refractivity contribution is -0.113. The molecule has 28 heavy (non-hydrogen) atoms. The molecule has 2 aromatic carbocycles. The zero-order valence-corrected chi connectivity index (χ0v) is 17.5. The number of amides is 1. The molecule has 0 fully saturated rings. The van der Waals surface area contributed by atoms with Crippen LogP contribution in [0.15, 0.2) is 46.0 Å². The minimum absolute atomic E-state index is 0.116. The highest BCUT2D eigenvalue weighted by Crippen LogP contribution is 2.31. The Morgan fingerprint density at radius 1 is 1.25 bits per heavy atom. The average molecular weight is 451 g/mol. The number of aromatic nitrogens is 3. The van der Waals surface area contributed by atoms with E-state index in [0.717, 1.165) is 27.5 Å². The number of carbonyl (C=O) groups excluding carboxylic acids is 1. The van der Waals surface area contributed by atoms with Crippen molar-refractivity contribution in [2.24, 2.45) is 0 Å². The van der Waals surface area contributed by atoms with Crippen molar-refractivity contribution in [3.05, 3.63) is 52.0 Å². The predicted molar refractivity (Wildman–Crippen MR) is 113 cm³/mol. The highest BCUT2D eigenvalue weighted by molar-refractivity contribution is 7.99. The Balaban J connectivity index is 1.39. The second-order valence-electron chi connectivity index (χ2n) is 5.77. The Morgan fingerprint density at radius 2 is 2.11 bits per heavy atom. The van der Waals surface area contributed by atoms with Gasteiger partial charge in [0.25, 0.3) is 5.22 Å². The second-order valence-corrected chi connectivity index (χ2v) is 8.58. The summed E-state index contributed by atoms with van der Waals surface area (Å²) in [5.41, 5.74) is 2.56. The zero-order chi connectivity index (χ0) is 19.7. The Morgan fingerprint density at radius 3 is 2.89 bits per heavy atom. The number of aryl methyl sites for hydroxylation is 1. The molecule has 4 rings (SSSR count). The number of nitrogens with zero attached hydrogens (tertiary/aromatic N) is 3. The molecular weight excluding hydrogens is 439 g/mol. The standard InChI is InChI=1S/C18H12Cl2N4O2S2/c1-9-3-2-4-13-15(9)22-17(28-13)21-14(25)8-27-18-24-23-16(26-18)11-6-5-10(19)7-12(11)20/h2-7H,8H2,1H3,(H,21,22,25). The number of halogens is 2. The van der Waals surface area contributed by atoms with Crippen molar-refractivity contribution in [3.63, 3.8) is 0 Å². The first kappa shape index (κ1) is 19.2. The fourth-order valence-electron chi connectivity index (χ4n) is 2.46. The minimum atomic E-state index is -0.203. The lowest BCUT2D eigenvalue weighted by atomic mass is 10.2. The number of anilines is 1. The van der Waals surface area contributed by atoms with E-state index in [1.165, 1.54) is 11.3 Å². The summed E-state index contributed by atoms with van der Waals surface area (Å²) >= 11 is 14.6. The number of nitrogens with one attached hydrogen (secondary N) is 1. The van der Waals surface area contributed by atoms with Crippen LogP contribution >= 0.6 is 46.3 Å². The Kier molecular flexibility index (Phi) is 5.54. The van der Waals surface area contributed by atoms with E-state index in [-0.39, 0.29) is 22.8 Å². The zero-order valence-electron chi connectivity index (χ0n) is 14.4. The third-order valence-electron chi connectivity index (χ3n) is 3.76. The number of hydrogen-bond donors (Lipinski definition) is 1. The molecule has 0 bridgehead atoms. The molecule has 1 amide bonds. The van der Waals surface area contributed by atoms with Gasteiger partial charge in [0.05, 0.1) is 26.6 Å². The third kappa shape index (κ3) is 4.15. The monoisotopic (exact) mass is 450 g/mol. The van der Waals surface area contributed by atoms with Gasteiger partial charge in [0, 0.05) is 5.02 Å². The van der Waals surface area contributed by atoms with Crippen molar-refractivity contribution >= 4 is 67.6 Å². The maximum atomic E-state index is 12.2. The van der Waals surface area contributed by atoms with Crippen molar-refractivity contribution in [3.8, 4) is 11.5 Å². The third-order valence-corrected chi connectivity index (χ3v) is 6.06. The van der Waals surface area contributed by atoms with Gasteiger partial charge >= 0.3 is 0 Å². The number of hydrogen-bond acceptors (Lipinski definition) is 7. The molecule has 6 nitrogen and oxygen atoms in total. The molecule has 142 valence electrons. The summed E-state index contributed by atoms with van der Waals surface area (Å²) in [7, 11) is 0. The molecule has 0 radical (unpaired) electrons. The first-order valence-electron chi connectivity index (χ1n) is 8.07. The Bertz CT molecular complexity index is 1180. The van der Waals surface area contributed by atoms with E-state index < -0.39 is 0 Å².